The van der Waals surface area contributed by atoms with Crippen LogP contribution in [0, 0.1) is 11.8 Å². The molecule has 0 fully saturated rings. The molecule has 2 aliphatic heterocycles. The third-order valence-electron chi connectivity index (χ3n) is 5.28. The fraction of sp³-hybridized carbons (Fsp3) is 0.471. The first-order valence-electron chi connectivity index (χ1n) is 7.18. The molecule has 2 bridgehead atoms. The van der Waals surface area contributed by atoms with E-state index in [1.165, 1.54) is 6.42 Å². The van der Waals surface area contributed by atoms with E-state index in [2.05, 4.69) is 54.8 Å². The average molecular weight is 238 g/mol. The lowest BCUT2D eigenvalue weighted by Crippen LogP contribution is -2.47. The fourth-order valence-electron chi connectivity index (χ4n) is 4.64. The van der Waals surface area contributed by atoms with Crippen LogP contribution in [0.2, 0.25) is 0 Å². The monoisotopic (exact) mass is 238 g/mol. The fourth-order valence-corrected chi connectivity index (χ4v) is 4.64. The molecular formula is C17H20N+. The summed E-state index contributed by atoms with van der Waals surface area (Å²) in [6.07, 6.45) is 6.16. The van der Waals surface area contributed by atoms with Crippen molar-refractivity contribution in [2.75, 3.05) is 6.54 Å². The van der Waals surface area contributed by atoms with E-state index in [1.54, 1.807) is 16.8 Å². The lowest BCUT2D eigenvalue weighted by atomic mass is 9.63. The highest BCUT2D eigenvalue weighted by atomic mass is 15.1. The summed E-state index contributed by atoms with van der Waals surface area (Å²) in [7, 11) is 0. The summed E-state index contributed by atoms with van der Waals surface area (Å²) in [5.74, 6) is 2.20. The second-order valence-corrected chi connectivity index (χ2v) is 5.88. The van der Waals surface area contributed by atoms with E-state index in [0.717, 1.165) is 18.4 Å². The van der Waals surface area contributed by atoms with E-state index in [4.69, 9.17) is 0 Å². The van der Waals surface area contributed by atoms with Gasteiger partial charge in [0, 0.05) is 24.3 Å². The summed E-state index contributed by atoms with van der Waals surface area (Å²) in [6, 6.07) is 9.75. The normalized spacial score (nSPS) is 35.9. The summed E-state index contributed by atoms with van der Waals surface area (Å²) < 4.78 is 2.65. The van der Waals surface area contributed by atoms with Gasteiger partial charge in [-0.2, -0.15) is 0 Å². The van der Waals surface area contributed by atoms with Crippen molar-refractivity contribution in [2.45, 2.75) is 32.2 Å². The van der Waals surface area contributed by atoms with Crippen LogP contribution in [0.3, 0.4) is 0 Å². The highest BCUT2D eigenvalue weighted by Crippen LogP contribution is 2.55. The number of benzene rings is 1. The van der Waals surface area contributed by atoms with Gasteiger partial charge in [0.1, 0.15) is 6.54 Å². The Balaban J connectivity index is 1.99. The minimum absolute atomic E-state index is 0.621. The second kappa shape index (κ2) is 3.57. The van der Waals surface area contributed by atoms with E-state index >= 15 is 0 Å². The molecule has 4 unspecified atom stereocenters. The predicted molar refractivity (Wildman–Crippen MR) is 74.1 cm³/mol. The Labute approximate surface area is 109 Å². The molecule has 0 aromatic heterocycles. The molecule has 1 aromatic carbocycles. The van der Waals surface area contributed by atoms with Crippen molar-refractivity contribution in [1.29, 1.82) is 0 Å². The van der Waals surface area contributed by atoms with Crippen LogP contribution in [0.4, 0.5) is 0 Å². The number of rotatable bonds is 1. The summed E-state index contributed by atoms with van der Waals surface area (Å²) in [4.78, 5) is 0. The van der Waals surface area contributed by atoms with Gasteiger partial charge in [-0.25, -0.2) is 4.58 Å². The Morgan fingerprint density at radius 3 is 2.78 bits per heavy atom. The summed E-state index contributed by atoms with van der Waals surface area (Å²) in [6.45, 7) is 5.79. The zero-order chi connectivity index (χ0) is 12.3. The smallest absolute Gasteiger partial charge is 0.181 e. The molecule has 0 N–H and O–H groups in total. The molecule has 5 rings (SSSR count). The van der Waals surface area contributed by atoms with Gasteiger partial charge in [-0.05, 0) is 18.9 Å². The Kier molecular flexibility index (Phi) is 2.09. The first-order valence-corrected chi connectivity index (χ1v) is 7.18. The highest BCUT2D eigenvalue weighted by molar-refractivity contribution is 5.87. The quantitative estimate of drug-likeness (QED) is 0.520. The van der Waals surface area contributed by atoms with Crippen LogP contribution in [-0.2, 0) is 0 Å². The largest absolute Gasteiger partial charge is 0.230 e. The van der Waals surface area contributed by atoms with Crippen molar-refractivity contribution >= 4 is 5.71 Å². The van der Waals surface area contributed by atoms with Crippen molar-refractivity contribution in [3.63, 3.8) is 0 Å². The van der Waals surface area contributed by atoms with Gasteiger partial charge in [0.25, 0.3) is 0 Å². The molecule has 4 aliphatic rings. The summed E-state index contributed by atoms with van der Waals surface area (Å²) >= 11 is 0. The number of hydrogen-bond donors (Lipinski definition) is 0. The molecule has 0 amide bonds. The minimum Gasteiger partial charge on any atom is -0.230 e. The molecule has 18 heavy (non-hydrogen) atoms. The molecule has 4 atom stereocenters. The maximum atomic E-state index is 2.65. The van der Waals surface area contributed by atoms with Crippen molar-refractivity contribution in [3.05, 3.63) is 47.5 Å². The zero-order valence-electron chi connectivity index (χ0n) is 11.1. The van der Waals surface area contributed by atoms with Crippen molar-refractivity contribution in [1.82, 2.24) is 0 Å². The SMILES string of the molecule is CC[N+]1=C(C)C2c3ccccc3C1C1CC=CC21. The Hall–Kier alpha value is -1.37. The third-order valence-corrected chi connectivity index (χ3v) is 5.28. The zero-order valence-corrected chi connectivity index (χ0v) is 11.1. The Bertz CT molecular complexity index is 567. The van der Waals surface area contributed by atoms with E-state index in [0.29, 0.717) is 12.0 Å². The molecule has 92 valence electrons. The molecule has 2 heterocycles. The molecule has 0 radical (unpaired) electrons. The molecule has 1 heteroatoms. The van der Waals surface area contributed by atoms with E-state index in [1.807, 2.05) is 0 Å². The van der Waals surface area contributed by atoms with Gasteiger partial charge < -0.3 is 0 Å². The highest BCUT2D eigenvalue weighted by Gasteiger charge is 2.54. The third kappa shape index (κ3) is 1.10. The van der Waals surface area contributed by atoms with Gasteiger partial charge in [-0.1, -0.05) is 36.4 Å². The van der Waals surface area contributed by atoms with Gasteiger partial charge in [0.15, 0.2) is 11.8 Å². The summed E-state index contributed by atoms with van der Waals surface area (Å²) in [5, 5.41) is 0. The van der Waals surface area contributed by atoms with Gasteiger partial charge >= 0.3 is 0 Å². The first-order chi connectivity index (χ1) is 8.83. The maximum Gasteiger partial charge on any atom is 0.181 e. The molecule has 0 saturated carbocycles. The number of nitrogens with zero attached hydrogens (tertiary/aromatic N) is 1. The molecular weight excluding hydrogens is 218 g/mol. The van der Waals surface area contributed by atoms with Crippen LogP contribution >= 0.6 is 0 Å². The van der Waals surface area contributed by atoms with Crippen LogP contribution in [0.15, 0.2) is 36.4 Å². The van der Waals surface area contributed by atoms with E-state index in [-0.39, 0.29) is 0 Å². The lowest BCUT2D eigenvalue weighted by molar-refractivity contribution is -0.590. The molecule has 2 aliphatic carbocycles. The van der Waals surface area contributed by atoms with E-state index in [9.17, 15) is 0 Å². The minimum atomic E-state index is 0.621. The summed E-state index contributed by atoms with van der Waals surface area (Å²) in [5.41, 5.74) is 4.78. The maximum absolute atomic E-state index is 2.65. The van der Waals surface area contributed by atoms with Gasteiger partial charge in [0.05, 0.1) is 5.92 Å². The van der Waals surface area contributed by atoms with Crippen LogP contribution in [0.5, 0.6) is 0 Å². The molecule has 1 aromatic rings. The van der Waals surface area contributed by atoms with Crippen molar-refractivity contribution < 1.29 is 4.58 Å². The number of allylic oxidation sites excluding steroid dienone is 2. The Morgan fingerprint density at radius 2 is 2.00 bits per heavy atom. The first kappa shape index (κ1) is 10.5. The van der Waals surface area contributed by atoms with Crippen LogP contribution in [0.25, 0.3) is 0 Å². The topological polar surface area (TPSA) is 3.01 Å². The Morgan fingerprint density at radius 1 is 1.22 bits per heavy atom. The van der Waals surface area contributed by atoms with Crippen LogP contribution in [-0.4, -0.2) is 16.8 Å². The average Bonchev–Trinajstić information content (AvgIpc) is 2.88. The van der Waals surface area contributed by atoms with Crippen LogP contribution < -0.4 is 0 Å². The lowest BCUT2D eigenvalue weighted by Gasteiger charge is -2.43. The molecule has 0 spiro atoms. The van der Waals surface area contributed by atoms with Crippen LogP contribution in [0.1, 0.15) is 43.4 Å². The van der Waals surface area contributed by atoms with Crippen molar-refractivity contribution in [2.24, 2.45) is 11.8 Å². The van der Waals surface area contributed by atoms with Gasteiger partial charge in [-0.15, -0.1) is 0 Å². The van der Waals surface area contributed by atoms with Gasteiger partial charge in [-0.3, -0.25) is 0 Å². The van der Waals surface area contributed by atoms with E-state index < -0.39 is 0 Å². The van der Waals surface area contributed by atoms with Crippen molar-refractivity contribution in [3.8, 4) is 0 Å². The second-order valence-electron chi connectivity index (χ2n) is 5.88. The number of hydrogen-bond acceptors (Lipinski definition) is 0. The standard InChI is InChI=1S/C17H20N/c1-3-18-11(2)16-12-7-4-5-8-14(12)17(18)15-10-6-9-13(15)16/h4-9,13,15-17H,3,10H2,1-2H3/q+1. The molecule has 0 saturated heterocycles. The predicted octanol–water partition coefficient (Wildman–Crippen LogP) is 3.52. The van der Waals surface area contributed by atoms with Gasteiger partial charge in [0.2, 0.25) is 0 Å². The molecule has 1 nitrogen and oxygen atoms in total.